The fourth-order valence-electron chi connectivity index (χ4n) is 4.19. The van der Waals surface area contributed by atoms with Gasteiger partial charge in [-0.1, -0.05) is 19.6 Å². The number of rotatable bonds is 12. The first kappa shape index (κ1) is 35.0. The number of hydrogen-bond donors (Lipinski definition) is 3. The highest BCUT2D eigenvalue weighted by Gasteiger charge is 2.53. The number of hydrogen-bond acceptors (Lipinski definition) is 15. The summed E-state index contributed by atoms with van der Waals surface area (Å²) in [7, 11) is -1.48. The monoisotopic (exact) mass is 610 g/mol. The maximum atomic E-state index is 12.0. The fourth-order valence-corrected chi connectivity index (χ4v) is 4.92. The Morgan fingerprint density at radius 2 is 1.17 bits per heavy atom. The van der Waals surface area contributed by atoms with E-state index in [-0.39, 0.29) is 6.61 Å². The van der Waals surface area contributed by atoms with Crippen LogP contribution in [0.15, 0.2) is 0 Å². The molecule has 0 unspecified atom stereocenters. The van der Waals surface area contributed by atoms with E-state index in [0.717, 1.165) is 33.7 Å². The molecule has 0 radical (unpaired) electrons. The van der Waals surface area contributed by atoms with E-state index in [9.17, 15) is 34.5 Å². The van der Waals surface area contributed by atoms with Crippen LogP contribution >= 0.6 is 0 Å². The van der Waals surface area contributed by atoms with Crippen LogP contribution in [0, 0.1) is 0 Å². The SMILES string of the molecule is CC(=O)OC[C@H]1O[C@@H](OC[C@H]2O[C@@H](OCC[Si](C)(C)C)[C@H](O)[C@@H](O)[C@H]2O)[C@H](OC(C)=O)[C@@H](OC(C)=O)[C@H]1OC(C)=O. The maximum absolute atomic E-state index is 12.0. The molecule has 0 aliphatic carbocycles. The predicted molar refractivity (Wildman–Crippen MR) is 139 cm³/mol. The first-order chi connectivity index (χ1) is 19.0. The van der Waals surface area contributed by atoms with Gasteiger partial charge in [0.1, 0.15) is 37.1 Å². The summed E-state index contributed by atoms with van der Waals surface area (Å²) in [4.78, 5) is 47.3. The van der Waals surface area contributed by atoms with Gasteiger partial charge in [0.25, 0.3) is 0 Å². The summed E-state index contributed by atoms with van der Waals surface area (Å²) in [5.74, 6) is -3.08. The first-order valence-corrected chi connectivity index (χ1v) is 16.9. The van der Waals surface area contributed by atoms with Crippen molar-refractivity contribution in [3.8, 4) is 0 Å². The molecular formula is C25H42O15Si. The maximum Gasteiger partial charge on any atom is 0.303 e. The van der Waals surface area contributed by atoms with E-state index in [4.69, 9.17) is 37.9 Å². The molecule has 0 aromatic heterocycles. The molecule has 3 N–H and O–H groups in total. The number of esters is 4. The van der Waals surface area contributed by atoms with E-state index in [1.54, 1.807) is 0 Å². The van der Waals surface area contributed by atoms with Crippen molar-refractivity contribution in [2.24, 2.45) is 0 Å². The van der Waals surface area contributed by atoms with Crippen LogP contribution in [0.1, 0.15) is 27.7 Å². The Balaban J connectivity index is 2.29. The lowest BCUT2D eigenvalue weighted by Crippen LogP contribution is -2.64. The Morgan fingerprint density at radius 1 is 0.634 bits per heavy atom. The Bertz CT molecular complexity index is 908. The van der Waals surface area contributed by atoms with Gasteiger partial charge in [-0.25, -0.2) is 0 Å². The molecule has 0 bridgehead atoms. The minimum atomic E-state index is -1.63. The molecule has 2 fully saturated rings. The molecule has 2 saturated heterocycles. The lowest BCUT2D eigenvalue weighted by atomic mass is 9.97. The predicted octanol–water partition coefficient (Wildman–Crippen LogP) is -0.751. The van der Waals surface area contributed by atoms with Gasteiger partial charge in [-0.2, -0.15) is 0 Å². The zero-order chi connectivity index (χ0) is 31.1. The highest BCUT2D eigenvalue weighted by molar-refractivity contribution is 6.76. The molecule has 0 amide bonds. The summed E-state index contributed by atoms with van der Waals surface area (Å²) in [5, 5.41) is 31.3. The largest absolute Gasteiger partial charge is 0.463 e. The van der Waals surface area contributed by atoms with Gasteiger partial charge in [0, 0.05) is 42.4 Å². The summed E-state index contributed by atoms with van der Waals surface area (Å²) in [6.07, 6.45) is -14.3. The van der Waals surface area contributed by atoms with E-state index in [1.165, 1.54) is 0 Å². The molecule has 0 aromatic rings. The number of aliphatic hydroxyl groups is 3. The van der Waals surface area contributed by atoms with Crippen LogP contribution < -0.4 is 0 Å². The van der Waals surface area contributed by atoms with Crippen LogP contribution in [-0.4, -0.2) is 129 Å². The second-order valence-electron chi connectivity index (χ2n) is 11.1. The summed E-state index contributed by atoms with van der Waals surface area (Å²) in [6, 6.07) is 0.754. The molecule has 0 aromatic carbocycles. The van der Waals surface area contributed by atoms with Crippen molar-refractivity contribution in [3.05, 3.63) is 0 Å². The lowest BCUT2D eigenvalue weighted by Gasteiger charge is -2.45. The van der Waals surface area contributed by atoms with Crippen molar-refractivity contribution < 1.29 is 72.4 Å². The van der Waals surface area contributed by atoms with Crippen LogP contribution in [0.3, 0.4) is 0 Å². The smallest absolute Gasteiger partial charge is 0.303 e. The highest BCUT2D eigenvalue weighted by Crippen LogP contribution is 2.31. The van der Waals surface area contributed by atoms with Gasteiger partial charge in [0.05, 0.1) is 6.61 Å². The Hall–Kier alpha value is -2.18. The van der Waals surface area contributed by atoms with Gasteiger partial charge in [-0.15, -0.1) is 0 Å². The van der Waals surface area contributed by atoms with Gasteiger partial charge in [-0.3, -0.25) is 19.2 Å². The molecule has 16 heteroatoms. The highest BCUT2D eigenvalue weighted by atomic mass is 28.3. The topological polar surface area (TPSA) is 203 Å². The van der Waals surface area contributed by atoms with Crippen LogP contribution in [0.2, 0.25) is 25.7 Å². The molecule has 10 atom stereocenters. The van der Waals surface area contributed by atoms with Gasteiger partial charge in [0.2, 0.25) is 0 Å². The molecule has 0 spiro atoms. The number of aliphatic hydroxyl groups excluding tert-OH is 3. The lowest BCUT2D eigenvalue weighted by molar-refractivity contribution is -0.332. The third-order valence-electron chi connectivity index (χ3n) is 6.18. The standard InChI is InChI=1S/C25H42O15Si/c1-12(26)34-11-17-21(36-13(2)27)22(37-14(3)28)23(38-15(4)29)25(40-17)35-10-16-18(30)19(31)20(32)24(39-16)33-8-9-41(5,6)7/h16-25,30-32H,8-11H2,1-7H3/t16-,17-,18+,19+,20-,21+,22+,23-,24-,25-/m1/s1. The summed E-state index contributed by atoms with van der Waals surface area (Å²) in [5.41, 5.74) is 0. The van der Waals surface area contributed by atoms with Gasteiger partial charge in [-0.05, 0) is 6.04 Å². The van der Waals surface area contributed by atoms with Gasteiger partial charge in [0.15, 0.2) is 30.9 Å². The molecule has 2 heterocycles. The Morgan fingerprint density at radius 3 is 1.71 bits per heavy atom. The van der Waals surface area contributed by atoms with E-state index in [2.05, 4.69) is 19.6 Å². The van der Waals surface area contributed by atoms with Crippen molar-refractivity contribution >= 4 is 32.0 Å². The van der Waals surface area contributed by atoms with Crippen LogP contribution in [0.4, 0.5) is 0 Å². The molecular weight excluding hydrogens is 568 g/mol. The minimum absolute atomic E-state index is 0.257. The second kappa shape index (κ2) is 15.3. The third-order valence-corrected chi connectivity index (χ3v) is 7.88. The molecule has 236 valence electrons. The second-order valence-corrected chi connectivity index (χ2v) is 16.7. The van der Waals surface area contributed by atoms with E-state index >= 15 is 0 Å². The zero-order valence-corrected chi connectivity index (χ0v) is 25.3. The van der Waals surface area contributed by atoms with Crippen LogP contribution in [-0.2, 0) is 57.1 Å². The average molecular weight is 611 g/mol. The van der Waals surface area contributed by atoms with Crippen molar-refractivity contribution in [1.82, 2.24) is 0 Å². The van der Waals surface area contributed by atoms with Crippen molar-refractivity contribution in [1.29, 1.82) is 0 Å². The van der Waals surface area contributed by atoms with Crippen molar-refractivity contribution in [3.63, 3.8) is 0 Å². The average Bonchev–Trinajstić information content (AvgIpc) is 2.83. The summed E-state index contributed by atoms with van der Waals surface area (Å²) >= 11 is 0. The number of carbonyl (C=O) groups excluding carboxylic acids is 4. The molecule has 15 nitrogen and oxygen atoms in total. The quantitative estimate of drug-likeness (QED) is 0.141. The molecule has 2 aliphatic rings. The first-order valence-electron chi connectivity index (χ1n) is 13.2. The Kier molecular flexibility index (Phi) is 13.1. The van der Waals surface area contributed by atoms with Crippen molar-refractivity contribution in [2.45, 2.75) is 115 Å². The minimum Gasteiger partial charge on any atom is -0.463 e. The Labute approximate surface area is 239 Å². The zero-order valence-electron chi connectivity index (χ0n) is 24.3. The van der Waals surface area contributed by atoms with Crippen LogP contribution in [0.25, 0.3) is 0 Å². The van der Waals surface area contributed by atoms with E-state index in [1.807, 2.05) is 0 Å². The van der Waals surface area contributed by atoms with Gasteiger partial charge >= 0.3 is 23.9 Å². The van der Waals surface area contributed by atoms with E-state index < -0.39 is 107 Å². The van der Waals surface area contributed by atoms with Crippen molar-refractivity contribution in [2.75, 3.05) is 19.8 Å². The van der Waals surface area contributed by atoms with E-state index in [0.29, 0.717) is 0 Å². The van der Waals surface area contributed by atoms with Gasteiger partial charge < -0.3 is 53.2 Å². The summed E-state index contributed by atoms with van der Waals surface area (Å²) < 4.78 is 44.0. The molecule has 2 aliphatic heterocycles. The molecule has 2 rings (SSSR count). The summed E-state index contributed by atoms with van der Waals surface area (Å²) in [6.45, 7) is 10.2. The normalized spacial score (nSPS) is 33.9. The third kappa shape index (κ3) is 10.9. The molecule has 0 saturated carbocycles. The van der Waals surface area contributed by atoms with Crippen LogP contribution in [0.5, 0.6) is 0 Å². The molecule has 41 heavy (non-hydrogen) atoms. The number of ether oxygens (including phenoxy) is 8. The fraction of sp³-hybridized carbons (Fsp3) is 0.840. The number of carbonyl (C=O) groups is 4.